The third kappa shape index (κ3) is 4.72. The number of urea groups is 1. The summed E-state index contributed by atoms with van der Waals surface area (Å²) in [7, 11) is 0. The van der Waals surface area contributed by atoms with Gasteiger partial charge in [0.1, 0.15) is 6.54 Å². The number of nitrogens with zero attached hydrogens (tertiary/aromatic N) is 1. The molecule has 0 saturated heterocycles. The van der Waals surface area contributed by atoms with Crippen LogP contribution < -0.4 is 5.32 Å². The summed E-state index contributed by atoms with van der Waals surface area (Å²) in [5, 5.41) is 11.8. The van der Waals surface area contributed by atoms with Gasteiger partial charge in [0.05, 0.1) is 10.7 Å². The zero-order chi connectivity index (χ0) is 14.6. The van der Waals surface area contributed by atoms with Crippen molar-refractivity contribution in [2.75, 3.05) is 11.9 Å². The Morgan fingerprint density at radius 3 is 2.58 bits per heavy atom. The fourth-order valence-corrected chi connectivity index (χ4v) is 2.13. The molecule has 0 atom stereocenters. The van der Waals surface area contributed by atoms with Crippen LogP contribution in [0.2, 0.25) is 5.02 Å². The lowest BCUT2D eigenvalue weighted by atomic mass is 10.3. The number of benzene rings is 1. The summed E-state index contributed by atoms with van der Waals surface area (Å²) in [6.45, 7) is 3.12. The van der Waals surface area contributed by atoms with Gasteiger partial charge in [-0.3, -0.25) is 4.79 Å². The monoisotopic (exact) mass is 348 g/mol. The summed E-state index contributed by atoms with van der Waals surface area (Å²) in [6.07, 6.45) is 0. The lowest BCUT2D eigenvalue weighted by molar-refractivity contribution is -0.137. The third-order valence-corrected chi connectivity index (χ3v) is 3.17. The first-order valence-corrected chi connectivity index (χ1v) is 6.73. The molecular formula is C12H14BrClN2O3. The Hall–Kier alpha value is -1.27. The number of carbonyl (C=O) groups is 2. The molecule has 104 valence electrons. The quantitative estimate of drug-likeness (QED) is 0.875. The van der Waals surface area contributed by atoms with Crippen LogP contribution in [0.15, 0.2) is 22.7 Å². The lowest BCUT2D eigenvalue weighted by Gasteiger charge is -2.25. The highest BCUT2D eigenvalue weighted by Gasteiger charge is 2.20. The van der Waals surface area contributed by atoms with E-state index in [1.807, 2.05) is 0 Å². The molecule has 19 heavy (non-hydrogen) atoms. The van der Waals surface area contributed by atoms with Crippen LogP contribution in [0.4, 0.5) is 10.5 Å². The van der Waals surface area contributed by atoms with Gasteiger partial charge in [-0.2, -0.15) is 0 Å². The predicted octanol–water partition coefficient (Wildman–Crippen LogP) is 3.43. The minimum Gasteiger partial charge on any atom is -0.480 e. The van der Waals surface area contributed by atoms with Gasteiger partial charge in [0.25, 0.3) is 0 Å². The molecule has 1 aromatic rings. The van der Waals surface area contributed by atoms with Crippen molar-refractivity contribution in [3.05, 3.63) is 27.7 Å². The van der Waals surface area contributed by atoms with Gasteiger partial charge < -0.3 is 15.3 Å². The second kappa shape index (κ2) is 6.77. The van der Waals surface area contributed by atoms with Gasteiger partial charge in [0.15, 0.2) is 0 Å². The van der Waals surface area contributed by atoms with Crippen LogP contribution >= 0.6 is 27.5 Å². The fourth-order valence-electron chi connectivity index (χ4n) is 1.41. The largest absolute Gasteiger partial charge is 0.480 e. The molecule has 0 heterocycles. The Balaban J connectivity index is 2.84. The summed E-state index contributed by atoms with van der Waals surface area (Å²) < 4.78 is 0.793. The summed E-state index contributed by atoms with van der Waals surface area (Å²) in [5.41, 5.74) is 0.436. The van der Waals surface area contributed by atoms with Crippen LogP contribution in [0, 0.1) is 0 Å². The number of hydrogen-bond acceptors (Lipinski definition) is 2. The van der Waals surface area contributed by atoms with Gasteiger partial charge >= 0.3 is 12.0 Å². The number of hydrogen-bond donors (Lipinski definition) is 2. The molecule has 0 radical (unpaired) electrons. The van der Waals surface area contributed by atoms with Crippen LogP contribution in [-0.2, 0) is 4.79 Å². The minimum absolute atomic E-state index is 0.231. The van der Waals surface area contributed by atoms with Crippen LogP contribution in [0.5, 0.6) is 0 Å². The van der Waals surface area contributed by atoms with E-state index >= 15 is 0 Å². The Bertz CT molecular complexity index is 494. The highest BCUT2D eigenvalue weighted by molar-refractivity contribution is 9.10. The first-order chi connectivity index (χ1) is 8.81. The van der Waals surface area contributed by atoms with Crippen molar-refractivity contribution < 1.29 is 14.7 Å². The average molecular weight is 350 g/mol. The molecule has 2 amide bonds. The molecule has 1 aromatic carbocycles. The van der Waals surface area contributed by atoms with Crippen molar-refractivity contribution in [3.8, 4) is 0 Å². The van der Waals surface area contributed by atoms with Gasteiger partial charge in [-0.05, 0) is 32.0 Å². The Morgan fingerprint density at radius 1 is 1.47 bits per heavy atom. The molecule has 0 unspecified atom stereocenters. The first kappa shape index (κ1) is 15.8. The van der Waals surface area contributed by atoms with E-state index in [-0.39, 0.29) is 12.6 Å². The maximum Gasteiger partial charge on any atom is 0.323 e. The molecule has 0 bridgehead atoms. The second-order valence-corrected chi connectivity index (χ2v) is 5.49. The average Bonchev–Trinajstić information content (AvgIpc) is 2.29. The molecule has 1 rings (SSSR count). The van der Waals surface area contributed by atoms with Gasteiger partial charge in [0, 0.05) is 10.5 Å². The smallest absolute Gasteiger partial charge is 0.323 e. The summed E-state index contributed by atoms with van der Waals surface area (Å²) in [5.74, 6) is -1.06. The molecule has 0 aliphatic rings. The number of carboxylic acid groups (broad SMARTS) is 1. The highest BCUT2D eigenvalue weighted by atomic mass is 79.9. The molecule has 0 aliphatic carbocycles. The van der Waals surface area contributed by atoms with Crippen LogP contribution in [0.1, 0.15) is 13.8 Å². The molecular weight excluding hydrogens is 336 g/mol. The molecule has 7 heteroatoms. The summed E-state index contributed by atoms with van der Waals surface area (Å²) in [4.78, 5) is 23.9. The maximum absolute atomic E-state index is 12.0. The van der Waals surface area contributed by atoms with Crippen LogP contribution in [0.3, 0.4) is 0 Å². The van der Waals surface area contributed by atoms with Crippen molar-refractivity contribution >= 4 is 45.2 Å². The van der Waals surface area contributed by atoms with E-state index in [2.05, 4.69) is 21.2 Å². The number of rotatable bonds is 4. The van der Waals surface area contributed by atoms with Crippen molar-refractivity contribution in [2.45, 2.75) is 19.9 Å². The van der Waals surface area contributed by atoms with E-state index in [1.165, 1.54) is 4.90 Å². The molecule has 0 aromatic heterocycles. The zero-order valence-corrected chi connectivity index (χ0v) is 12.8. The van der Waals surface area contributed by atoms with E-state index in [0.717, 1.165) is 4.47 Å². The van der Waals surface area contributed by atoms with E-state index < -0.39 is 12.0 Å². The van der Waals surface area contributed by atoms with E-state index in [1.54, 1.807) is 32.0 Å². The van der Waals surface area contributed by atoms with E-state index in [4.69, 9.17) is 16.7 Å². The predicted molar refractivity (Wildman–Crippen MR) is 77.6 cm³/mol. The number of anilines is 1. The summed E-state index contributed by atoms with van der Waals surface area (Å²) >= 11 is 9.25. The zero-order valence-electron chi connectivity index (χ0n) is 10.5. The molecule has 0 saturated carbocycles. The number of halogens is 2. The lowest BCUT2D eigenvalue weighted by Crippen LogP contribution is -2.43. The summed E-state index contributed by atoms with van der Waals surface area (Å²) in [6, 6.07) is 4.29. The van der Waals surface area contributed by atoms with Crippen molar-refractivity contribution in [3.63, 3.8) is 0 Å². The standard InChI is InChI=1S/C12H14BrClN2O3/c1-7(2)16(6-11(17)18)12(19)15-10-4-3-8(13)5-9(10)14/h3-5,7H,6H2,1-2H3,(H,15,19)(H,17,18). The first-order valence-electron chi connectivity index (χ1n) is 5.55. The van der Waals surface area contributed by atoms with Gasteiger partial charge in [0.2, 0.25) is 0 Å². The Kier molecular flexibility index (Phi) is 5.62. The Labute approximate surface area is 124 Å². The number of aliphatic carboxylic acids is 1. The fraction of sp³-hybridized carbons (Fsp3) is 0.333. The molecule has 5 nitrogen and oxygen atoms in total. The molecule has 0 spiro atoms. The minimum atomic E-state index is -1.06. The number of carbonyl (C=O) groups excluding carboxylic acids is 1. The molecule has 2 N–H and O–H groups in total. The number of nitrogens with one attached hydrogen (secondary N) is 1. The highest BCUT2D eigenvalue weighted by Crippen LogP contribution is 2.26. The van der Waals surface area contributed by atoms with Gasteiger partial charge in [-0.1, -0.05) is 27.5 Å². The maximum atomic E-state index is 12.0. The van der Waals surface area contributed by atoms with E-state index in [0.29, 0.717) is 10.7 Å². The number of amides is 2. The topological polar surface area (TPSA) is 69.6 Å². The van der Waals surface area contributed by atoms with Gasteiger partial charge in [-0.25, -0.2) is 4.79 Å². The molecule has 0 aliphatic heterocycles. The second-order valence-electron chi connectivity index (χ2n) is 4.17. The molecule has 0 fully saturated rings. The number of carboxylic acids is 1. The Morgan fingerprint density at radius 2 is 2.11 bits per heavy atom. The van der Waals surface area contributed by atoms with Crippen molar-refractivity contribution in [1.29, 1.82) is 0 Å². The van der Waals surface area contributed by atoms with Crippen molar-refractivity contribution in [2.24, 2.45) is 0 Å². The third-order valence-electron chi connectivity index (χ3n) is 2.36. The SMILES string of the molecule is CC(C)N(CC(=O)O)C(=O)Nc1ccc(Br)cc1Cl. The normalized spacial score (nSPS) is 10.4. The van der Waals surface area contributed by atoms with Crippen LogP contribution in [-0.4, -0.2) is 34.6 Å². The van der Waals surface area contributed by atoms with Gasteiger partial charge in [-0.15, -0.1) is 0 Å². The van der Waals surface area contributed by atoms with Crippen molar-refractivity contribution in [1.82, 2.24) is 4.90 Å². The van der Waals surface area contributed by atoms with E-state index in [9.17, 15) is 9.59 Å². The van der Waals surface area contributed by atoms with Crippen LogP contribution in [0.25, 0.3) is 0 Å².